The van der Waals surface area contributed by atoms with Crippen LogP contribution >= 0.6 is 23.2 Å². The van der Waals surface area contributed by atoms with E-state index in [2.05, 4.69) is 4.98 Å². The van der Waals surface area contributed by atoms with Crippen molar-refractivity contribution in [1.82, 2.24) is 9.55 Å². The summed E-state index contributed by atoms with van der Waals surface area (Å²) in [6.45, 7) is 0. The van der Waals surface area contributed by atoms with Crippen molar-refractivity contribution in [3.8, 4) is 11.4 Å². The van der Waals surface area contributed by atoms with E-state index in [1.54, 1.807) is 28.8 Å². The van der Waals surface area contributed by atoms with Crippen molar-refractivity contribution in [3.05, 3.63) is 53.1 Å². The number of benzene rings is 2. The molecule has 1 heterocycles. The number of alkyl halides is 1. The quantitative estimate of drug-likeness (QED) is 0.660. The molecule has 0 N–H and O–H groups in total. The Morgan fingerprint density at radius 3 is 2.81 bits per heavy atom. The number of fused-ring (bicyclic) bond motifs is 1. The highest BCUT2D eigenvalue weighted by molar-refractivity contribution is 6.35. The van der Waals surface area contributed by atoms with Crippen LogP contribution in [0.1, 0.15) is 5.82 Å². The first-order chi connectivity index (χ1) is 10.2. The summed E-state index contributed by atoms with van der Waals surface area (Å²) in [7, 11) is 1.53. The van der Waals surface area contributed by atoms with E-state index in [0.717, 1.165) is 0 Å². The predicted octanol–water partition coefficient (Wildman–Crippen LogP) is 4.57. The van der Waals surface area contributed by atoms with Crippen LogP contribution < -0.4 is 4.74 Å². The summed E-state index contributed by atoms with van der Waals surface area (Å²) in [5, 5.41) is 0.501. The number of imidazole rings is 1. The molecule has 3 rings (SSSR count). The van der Waals surface area contributed by atoms with Crippen molar-refractivity contribution in [1.29, 1.82) is 0 Å². The number of hydrogen-bond acceptors (Lipinski definition) is 2. The molecule has 0 bridgehead atoms. The third-order valence-electron chi connectivity index (χ3n) is 3.22. The number of hydrogen-bond donors (Lipinski definition) is 0. The van der Waals surface area contributed by atoms with Gasteiger partial charge in [0.2, 0.25) is 0 Å². The van der Waals surface area contributed by atoms with Crippen molar-refractivity contribution in [2.75, 3.05) is 7.11 Å². The molecule has 108 valence electrons. The second kappa shape index (κ2) is 5.54. The molecule has 0 saturated heterocycles. The second-order valence-electron chi connectivity index (χ2n) is 4.42. The Morgan fingerprint density at radius 1 is 1.29 bits per heavy atom. The topological polar surface area (TPSA) is 27.1 Å². The molecular formula is C15H11Cl2FN2O. The number of nitrogens with zero attached hydrogens (tertiary/aromatic N) is 2. The maximum atomic E-state index is 14.2. The van der Waals surface area contributed by atoms with Gasteiger partial charge >= 0.3 is 0 Å². The molecule has 0 spiro atoms. The minimum atomic E-state index is -0.388. The van der Waals surface area contributed by atoms with Crippen LogP contribution in [0.5, 0.6) is 5.75 Å². The average Bonchev–Trinajstić information content (AvgIpc) is 2.88. The monoisotopic (exact) mass is 324 g/mol. The Kier molecular flexibility index (Phi) is 3.74. The number of halogens is 3. The number of aromatic nitrogens is 2. The van der Waals surface area contributed by atoms with Gasteiger partial charge in [0.05, 0.1) is 29.2 Å². The number of rotatable bonds is 3. The van der Waals surface area contributed by atoms with Gasteiger partial charge in [-0.2, -0.15) is 0 Å². The molecule has 1 aromatic heterocycles. The van der Waals surface area contributed by atoms with Crippen molar-refractivity contribution in [2.45, 2.75) is 5.88 Å². The molecule has 0 atom stereocenters. The van der Waals surface area contributed by atoms with Crippen LogP contribution in [0.4, 0.5) is 4.39 Å². The molecule has 21 heavy (non-hydrogen) atoms. The standard InChI is InChI=1S/C15H11Cl2FN2O/c1-21-9-5-6-11(18)13(7-9)20-12-4-2-3-10(17)15(12)19-14(20)8-16/h2-7H,8H2,1H3. The first-order valence-corrected chi connectivity index (χ1v) is 7.12. The number of ether oxygens (including phenoxy) is 1. The van der Waals surface area contributed by atoms with Gasteiger partial charge in [0.15, 0.2) is 0 Å². The Labute approximate surface area is 130 Å². The molecule has 0 fully saturated rings. The van der Waals surface area contributed by atoms with E-state index < -0.39 is 0 Å². The van der Waals surface area contributed by atoms with Crippen LogP contribution in [0.3, 0.4) is 0 Å². The van der Waals surface area contributed by atoms with Gasteiger partial charge in [-0.3, -0.25) is 4.57 Å². The lowest BCUT2D eigenvalue weighted by atomic mass is 10.2. The SMILES string of the molecule is COc1ccc(F)c(-n2c(CCl)nc3c(Cl)cccc32)c1. The van der Waals surface area contributed by atoms with Crippen molar-refractivity contribution in [3.63, 3.8) is 0 Å². The van der Waals surface area contributed by atoms with E-state index in [4.69, 9.17) is 27.9 Å². The molecule has 0 aliphatic rings. The van der Waals surface area contributed by atoms with Crippen LogP contribution in [0.25, 0.3) is 16.7 Å². The van der Waals surface area contributed by atoms with E-state index in [-0.39, 0.29) is 11.7 Å². The molecule has 3 nitrogen and oxygen atoms in total. The van der Waals surface area contributed by atoms with Gasteiger partial charge in [-0.25, -0.2) is 9.37 Å². The zero-order valence-electron chi connectivity index (χ0n) is 11.1. The summed E-state index contributed by atoms with van der Waals surface area (Å²) in [6.07, 6.45) is 0. The van der Waals surface area contributed by atoms with Gasteiger partial charge in [-0.15, -0.1) is 11.6 Å². The van der Waals surface area contributed by atoms with Gasteiger partial charge in [0, 0.05) is 6.07 Å². The van der Waals surface area contributed by atoms with Crippen LogP contribution in [-0.4, -0.2) is 16.7 Å². The summed E-state index contributed by atoms with van der Waals surface area (Å²) >= 11 is 12.1. The first-order valence-electron chi connectivity index (χ1n) is 6.21. The molecule has 0 radical (unpaired) electrons. The minimum Gasteiger partial charge on any atom is -0.497 e. The van der Waals surface area contributed by atoms with E-state index in [1.165, 1.54) is 13.2 Å². The maximum Gasteiger partial charge on any atom is 0.147 e. The molecule has 0 aliphatic carbocycles. The highest BCUT2D eigenvalue weighted by Crippen LogP contribution is 2.30. The fourth-order valence-corrected chi connectivity index (χ4v) is 2.65. The summed E-state index contributed by atoms with van der Waals surface area (Å²) in [5.74, 6) is 0.825. The number of methoxy groups -OCH3 is 1. The van der Waals surface area contributed by atoms with Crippen molar-refractivity contribution < 1.29 is 9.13 Å². The van der Waals surface area contributed by atoms with Gasteiger partial charge in [-0.1, -0.05) is 17.7 Å². The minimum absolute atomic E-state index is 0.141. The molecule has 0 amide bonds. The summed E-state index contributed by atoms with van der Waals surface area (Å²) in [5.41, 5.74) is 1.62. The van der Waals surface area contributed by atoms with Gasteiger partial charge in [0.1, 0.15) is 22.9 Å². The Hall–Kier alpha value is -1.78. The van der Waals surface area contributed by atoms with Crippen LogP contribution in [0.2, 0.25) is 5.02 Å². The third-order valence-corrected chi connectivity index (χ3v) is 3.76. The molecule has 0 unspecified atom stereocenters. The van der Waals surface area contributed by atoms with Crippen molar-refractivity contribution >= 4 is 34.2 Å². The Bertz CT molecular complexity index is 817. The summed E-state index contributed by atoms with van der Waals surface area (Å²) in [4.78, 5) is 4.40. The third kappa shape index (κ3) is 2.34. The van der Waals surface area contributed by atoms with Crippen LogP contribution in [0.15, 0.2) is 36.4 Å². The number of para-hydroxylation sites is 1. The highest BCUT2D eigenvalue weighted by atomic mass is 35.5. The lowest BCUT2D eigenvalue weighted by molar-refractivity contribution is 0.413. The molecular weight excluding hydrogens is 314 g/mol. The van der Waals surface area contributed by atoms with E-state index in [1.807, 2.05) is 6.07 Å². The lowest BCUT2D eigenvalue weighted by Gasteiger charge is -2.10. The van der Waals surface area contributed by atoms with Crippen LogP contribution in [0, 0.1) is 5.82 Å². The van der Waals surface area contributed by atoms with Gasteiger partial charge in [0.25, 0.3) is 0 Å². The average molecular weight is 325 g/mol. The molecule has 2 aromatic carbocycles. The summed E-state index contributed by atoms with van der Waals surface area (Å²) in [6, 6.07) is 9.87. The van der Waals surface area contributed by atoms with E-state index >= 15 is 0 Å². The van der Waals surface area contributed by atoms with Gasteiger partial charge < -0.3 is 4.74 Å². The van der Waals surface area contributed by atoms with Crippen LogP contribution in [-0.2, 0) is 5.88 Å². The fourth-order valence-electron chi connectivity index (χ4n) is 2.26. The van der Waals surface area contributed by atoms with Gasteiger partial charge in [-0.05, 0) is 24.3 Å². The zero-order chi connectivity index (χ0) is 15.0. The second-order valence-corrected chi connectivity index (χ2v) is 5.10. The largest absolute Gasteiger partial charge is 0.497 e. The molecule has 6 heteroatoms. The van der Waals surface area contributed by atoms with E-state index in [0.29, 0.717) is 33.3 Å². The van der Waals surface area contributed by atoms with Crippen molar-refractivity contribution in [2.24, 2.45) is 0 Å². The molecule has 0 saturated carbocycles. The zero-order valence-corrected chi connectivity index (χ0v) is 12.6. The highest BCUT2D eigenvalue weighted by Gasteiger charge is 2.17. The lowest BCUT2D eigenvalue weighted by Crippen LogP contribution is -2.02. The smallest absolute Gasteiger partial charge is 0.147 e. The Balaban J connectivity index is 2.36. The fraction of sp³-hybridized carbons (Fsp3) is 0.133. The molecule has 0 aliphatic heterocycles. The normalized spacial score (nSPS) is 11.0. The first kappa shape index (κ1) is 14.2. The maximum absolute atomic E-state index is 14.2. The Morgan fingerprint density at radius 2 is 2.10 bits per heavy atom. The predicted molar refractivity (Wildman–Crippen MR) is 82.1 cm³/mol. The molecule has 3 aromatic rings. The van der Waals surface area contributed by atoms with E-state index in [9.17, 15) is 4.39 Å². The summed E-state index contributed by atoms with van der Waals surface area (Å²) < 4.78 is 21.1.